The van der Waals surface area contributed by atoms with Crippen molar-refractivity contribution in [3.8, 4) is 0 Å². The minimum atomic E-state index is -0.996. The van der Waals surface area contributed by atoms with Crippen LogP contribution in [-0.4, -0.2) is 112 Å². The number of Topliss-reactive ketones (excluding diaryl/α,β-unsaturated/α-hetero) is 1. The Hall–Kier alpha value is -0.950. The van der Waals surface area contributed by atoms with Crippen LogP contribution in [-0.2, 0) is 42.7 Å². The van der Waals surface area contributed by atoms with Gasteiger partial charge < -0.3 is 43.0 Å². The van der Waals surface area contributed by atoms with Crippen molar-refractivity contribution >= 4 is 5.78 Å². The monoisotopic (exact) mass is 648 g/mol. The van der Waals surface area contributed by atoms with Gasteiger partial charge in [-0.25, -0.2) is 0 Å². The normalized spacial score (nSPS) is 50.4. The van der Waals surface area contributed by atoms with E-state index in [1.54, 1.807) is 7.11 Å². The van der Waals surface area contributed by atoms with Gasteiger partial charge in [0.1, 0.15) is 11.9 Å². The van der Waals surface area contributed by atoms with E-state index in [2.05, 4.69) is 6.92 Å². The molecule has 1 N–H and O–H groups in total. The number of aliphatic hydroxyl groups excluding tert-OH is 1. The number of fused-ring (bicyclic) bond motifs is 5. The maximum atomic E-state index is 13.6. The van der Waals surface area contributed by atoms with Gasteiger partial charge in [0, 0.05) is 58.3 Å². The fourth-order valence-corrected chi connectivity index (χ4v) is 10.0. The standard InChI is InChI=1S/C36H56O10/c1-20-5-8-28-26-15-25(6-9-29(20)39-3)44-32(21(26)2)16-33-27(34(40-4)19-42-33)14-22(37)13-24-7-10-30-35(45-24)31(11-12-41-30)46-36(28)17-23(38)18-43-36/h20,23-35,38H,2,5-19H2,1,3-4H3/t20?,23-,24?,25+,26-,27?,28?,29+,30+,31?,32-,33+,34+,35?,36-/m1/s1. The molecule has 0 radical (unpaired) electrons. The van der Waals surface area contributed by atoms with Gasteiger partial charge in [0.2, 0.25) is 0 Å². The average Bonchev–Trinajstić information content (AvgIpc) is 3.61. The summed E-state index contributed by atoms with van der Waals surface area (Å²) in [4.78, 5) is 13.6. The number of methoxy groups -OCH3 is 2. The molecular weight excluding hydrogens is 592 g/mol. The Balaban J connectivity index is 1.29. The van der Waals surface area contributed by atoms with Crippen molar-refractivity contribution in [2.45, 2.75) is 151 Å². The molecule has 10 nitrogen and oxygen atoms in total. The zero-order chi connectivity index (χ0) is 32.0. The maximum absolute atomic E-state index is 13.6. The van der Waals surface area contributed by atoms with Crippen LogP contribution in [0.3, 0.4) is 0 Å². The average molecular weight is 649 g/mol. The molecule has 7 fully saturated rings. The Labute approximate surface area is 274 Å². The first-order valence-corrected chi connectivity index (χ1v) is 18.1. The largest absolute Gasteiger partial charge is 0.391 e. The number of ketones is 1. The molecule has 6 unspecified atom stereocenters. The summed E-state index contributed by atoms with van der Waals surface area (Å²) in [7, 11) is 3.52. The zero-order valence-electron chi connectivity index (χ0n) is 28.0. The van der Waals surface area contributed by atoms with E-state index in [0.717, 1.165) is 50.5 Å². The van der Waals surface area contributed by atoms with E-state index in [0.29, 0.717) is 51.2 Å². The van der Waals surface area contributed by atoms with Crippen LogP contribution in [0, 0.1) is 23.7 Å². The number of rotatable bonds is 2. The molecule has 260 valence electrons. The Morgan fingerprint density at radius 1 is 0.848 bits per heavy atom. The van der Waals surface area contributed by atoms with Gasteiger partial charge in [-0.2, -0.15) is 0 Å². The van der Waals surface area contributed by atoms with E-state index in [4.69, 9.17) is 44.5 Å². The van der Waals surface area contributed by atoms with Crippen LogP contribution in [0.25, 0.3) is 0 Å². The first-order valence-electron chi connectivity index (χ1n) is 18.1. The molecule has 1 saturated carbocycles. The summed E-state index contributed by atoms with van der Waals surface area (Å²) in [6.07, 6.45) is 6.67. The van der Waals surface area contributed by atoms with Crippen molar-refractivity contribution in [2.24, 2.45) is 23.7 Å². The lowest BCUT2D eigenvalue weighted by molar-refractivity contribution is -0.316. The smallest absolute Gasteiger partial charge is 0.174 e. The predicted octanol–water partition coefficient (Wildman–Crippen LogP) is 4.14. The molecule has 0 aromatic carbocycles. The van der Waals surface area contributed by atoms with Gasteiger partial charge in [0.05, 0.1) is 68.1 Å². The highest BCUT2D eigenvalue weighted by molar-refractivity contribution is 5.79. The van der Waals surface area contributed by atoms with Crippen molar-refractivity contribution < 1.29 is 47.8 Å². The summed E-state index contributed by atoms with van der Waals surface area (Å²) >= 11 is 0. The molecule has 1 aliphatic carbocycles. The molecule has 10 heteroatoms. The second-order valence-corrected chi connectivity index (χ2v) is 15.3. The van der Waals surface area contributed by atoms with Gasteiger partial charge in [0.25, 0.3) is 0 Å². The van der Waals surface area contributed by atoms with Gasteiger partial charge in [-0.3, -0.25) is 4.79 Å². The predicted molar refractivity (Wildman–Crippen MR) is 167 cm³/mol. The Kier molecular flexibility index (Phi) is 10.3. The van der Waals surface area contributed by atoms with Gasteiger partial charge in [-0.15, -0.1) is 0 Å². The molecule has 0 amide bonds. The van der Waals surface area contributed by atoms with Gasteiger partial charge >= 0.3 is 0 Å². The number of hydrogen-bond donors (Lipinski definition) is 1. The van der Waals surface area contributed by atoms with Crippen LogP contribution in [0.5, 0.6) is 0 Å². The Bertz CT molecular complexity index is 1090. The molecule has 6 aliphatic heterocycles. The third-order valence-electron chi connectivity index (χ3n) is 12.5. The molecule has 0 aromatic rings. The van der Waals surface area contributed by atoms with Crippen molar-refractivity contribution in [3.63, 3.8) is 0 Å². The first-order chi connectivity index (χ1) is 22.3. The van der Waals surface area contributed by atoms with Gasteiger partial charge in [0.15, 0.2) is 5.79 Å². The van der Waals surface area contributed by atoms with E-state index in [1.165, 1.54) is 0 Å². The second kappa shape index (κ2) is 14.1. The lowest BCUT2D eigenvalue weighted by Crippen LogP contribution is -2.57. The number of ether oxygens (including phenoxy) is 8. The third-order valence-corrected chi connectivity index (χ3v) is 12.5. The summed E-state index contributed by atoms with van der Waals surface area (Å²) in [6, 6.07) is 0. The van der Waals surface area contributed by atoms with Crippen molar-refractivity contribution in [2.75, 3.05) is 34.0 Å². The van der Waals surface area contributed by atoms with Crippen molar-refractivity contribution in [1.82, 2.24) is 0 Å². The van der Waals surface area contributed by atoms with Crippen LogP contribution >= 0.6 is 0 Å². The molecule has 0 aromatic heterocycles. The van der Waals surface area contributed by atoms with Crippen LogP contribution in [0.4, 0.5) is 0 Å². The molecule has 6 saturated heterocycles. The maximum Gasteiger partial charge on any atom is 0.174 e. The molecule has 5 bridgehead atoms. The molecule has 6 heterocycles. The number of hydrogen-bond acceptors (Lipinski definition) is 10. The van der Waals surface area contributed by atoms with E-state index in [9.17, 15) is 9.90 Å². The molecule has 46 heavy (non-hydrogen) atoms. The van der Waals surface area contributed by atoms with Crippen LogP contribution < -0.4 is 0 Å². The SMILES string of the molecule is C=C1[C@H]2C[C@@H]3CC[C@H](OC)C(C)CCC2[C@@]2(C[C@@H](O)CO2)OC2CCO[C@H]4CCC(CC(=O)CC5[C@@H](OC)CO[C@H]5C[C@H]1O3)OC24. The molecule has 7 aliphatic rings. The van der Waals surface area contributed by atoms with Gasteiger partial charge in [-0.05, 0) is 68.8 Å². The number of carbonyl (C=O) groups is 1. The number of carbonyl (C=O) groups excluding carboxylic acids is 1. The third kappa shape index (κ3) is 6.64. The summed E-state index contributed by atoms with van der Waals surface area (Å²) in [6.45, 7) is 8.30. The van der Waals surface area contributed by atoms with Crippen molar-refractivity contribution in [3.05, 3.63) is 12.2 Å². The quantitative estimate of drug-likeness (QED) is 0.439. The lowest BCUT2D eigenvalue weighted by atomic mass is 9.68. The highest BCUT2D eigenvalue weighted by Gasteiger charge is 2.56. The summed E-state index contributed by atoms with van der Waals surface area (Å²) in [5.41, 5.74) is 1.05. The molecule has 7 rings (SSSR count). The minimum absolute atomic E-state index is 0.0165. The van der Waals surface area contributed by atoms with E-state index < -0.39 is 11.9 Å². The van der Waals surface area contributed by atoms with Crippen LogP contribution in [0.1, 0.15) is 84.0 Å². The highest BCUT2D eigenvalue weighted by Crippen LogP contribution is 2.51. The summed E-state index contributed by atoms with van der Waals surface area (Å²) < 4.78 is 52.0. The molecular formula is C36H56O10. The summed E-state index contributed by atoms with van der Waals surface area (Å²) in [5.74, 6) is -0.492. The number of aliphatic hydroxyl groups is 1. The fraction of sp³-hybridized carbons (Fsp3) is 0.917. The van der Waals surface area contributed by atoms with E-state index in [1.807, 2.05) is 7.11 Å². The van der Waals surface area contributed by atoms with E-state index >= 15 is 0 Å². The van der Waals surface area contributed by atoms with E-state index in [-0.39, 0.29) is 85.1 Å². The first kappa shape index (κ1) is 33.5. The van der Waals surface area contributed by atoms with Crippen LogP contribution in [0.2, 0.25) is 0 Å². The zero-order valence-corrected chi connectivity index (χ0v) is 28.0. The van der Waals surface area contributed by atoms with Crippen LogP contribution in [0.15, 0.2) is 12.2 Å². The second-order valence-electron chi connectivity index (χ2n) is 15.3. The Morgan fingerprint density at radius 3 is 2.46 bits per heavy atom. The summed E-state index contributed by atoms with van der Waals surface area (Å²) in [5, 5.41) is 11.0. The molecule has 15 atom stereocenters. The fourth-order valence-electron chi connectivity index (χ4n) is 10.0. The van der Waals surface area contributed by atoms with Gasteiger partial charge in [-0.1, -0.05) is 13.5 Å². The topological polar surface area (TPSA) is 111 Å². The highest BCUT2D eigenvalue weighted by atomic mass is 16.7. The Morgan fingerprint density at radius 2 is 1.67 bits per heavy atom. The van der Waals surface area contributed by atoms with Crippen molar-refractivity contribution in [1.29, 1.82) is 0 Å². The minimum Gasteiger partial charge on any atom is -0.391 e. The lowest BCUT2D eigenvalue weighted by Gasteiger charge is -2.51. The molecule has 1 spiro atoms.